The van der Waals surface area contributed by atoms with Crippen LogP contribution in [0.25, 0.3) is 10.9 Å². The van der Waals surface area contributed by atoms with Gasteiger partial charge in [0.25, 0.3) is 5.91 Å². The zero-order chi connectivity index (χ0) is 15.9. The zero-order valence-electron chi connectivity index (χ0n) is 12.0. The van der Waals surface area contributed by atoms with Crippen LogP contribution >= 0.6 is 0 Å². The number of carboxylic acid groups (broad SMARTS) is 1. The number of amides is 1. The molecule has 1 fully saturated rings. The molecule has 5 nitrogen and oxygen atoms in total. The van der Waals surface area contributed by atoms with Crippen LogP contribution in [0.4, 0.5) is 4.39 Å². The van der Waals surface area contributed by atoms with Crippen molar-refractivity contribution in [2.45, 2.75) is 31.8 Å². The van der Waals surface area contributed by atoms with E-state index in [-0.39, 0.29) is 11.6 Å². The molecule has 2 aromatic rings. The van der Waals surface area contributed by atoms with E-state index in [9.17, 15) is 19.1 Å². The van der Waals surface area contributed by atoms with E-state index < -0.39 is 23.7 Å². The molecular weight excluding hydrogens is 287 g/mol. The minimum atomic E-state index is -1.08. The van der Waals surface area contributed by atoms with Crippen LogP contribution in [0.3, 0.4) is 0 Å². The number of aliphatic carboxylic acids is 1. The first-order valence-corrected chi connectivity index (χ1v) is 7.09. The molecule has 1 aliphatic carbocycles. The van der Waals surface area contributed by atoms with E-state index >= 15 is 0 Å². The Morgan fingerprint density at radius 2 is 2.14 bits per heavy atom. The van der Waals surface area contributed by atoms with Crippen LogP contribution in [0.15, 0.2) is 30.5 Å². The highest BCUT2D eigenvalue weighted by atomic mass is 19.1. The lowest BCUT2D eigenvalue weighted by Crippen LogP contribution is -2.44. The highest BCUT2D eigenvalue weighted by Crippen LogP contribution is 2.31. The summed E-state index contributed by atoms with van der Waals surface area (Å²) in [7, 11) is 0. The minimum Gasteiger partial charge on any atom is -0.480 e. The number of pyridine rings is 1. The first-order valence-electron chi connectivity index (χ1n) is 7.09. The van der Waals surface area contributed by atoms with Crippen LogP contribution in [0.5, 0.6) is 0 Å². The third-order valence-corrected chi connectivity index (χ3v) is 3.85. The normalized spacial score (nSPS) is 15.5. The Morgan fingerprint density at radius 3 is 2.77 bits per heavy atom. The molecule has 1 saturated carbocycles. The van der Waals surface area contributed by atoms with Crippen LogP contribution in [0.2, 0.25) is 0 Å². The molecule has 1 aromatic carbocycles. The quantitative estimate of drug-likeness (QED) is 0.941. The average molecular weight is 302 g/mol. The second-order valence-electron chi connectivity index (χ2n) is 5.49. The fourth-order valence-corrected chi connectivity index (χ4v) is 2.59. The van der Waals surface area contributed by atoms with E-state index in [1.165, 1.54) is 24.1 Å². The van der Waals surface area contributed by atoms with Crippen LogP contribution in [-0.2, 0) is 4.79 Å². The molecule has 1 N–H and O–H groups in total. The van der Waals surface area contributed by atoms with Gasteiger partial charge in [-0.2, -0.15) is 0 Å². The monoisotopic (exact) mass is 302 g/mol. The summed E-state index contributed by atoms with van der Waals surface area (Å²) in [6, 6.07) is 4.71. The van der Waals surface area contributed by atoms with E-state index in [1.54, 1.807) is 12.1 Å². The highest BCUT2D eigenvalue weighted by Gasteiger charge is 2.39. The van der Waals surface area contributed by atoms with Crippen LogP contribution in [0, 0.1) is 5.82 Å². The average Bonchev–Trinajstić information content (AvgIpc) is 3.30. The van der Waals surface area contributed by atoms with Crippen molar-refractivity contribution in [1.29, 1.82) is 0 Å². The van der Waals surface area contributed by atoms with Crippen LogP contribution in [0.1, 0.15) is 30.1 Å². The predicted octanol–water partition coefficient (Wildman–Crippen LogP) is 2.45. The Bertz CT molecular complexity index is 758. The Hall–Kier alpha value is -2.50. The van der Waals surface area contributed by atoms with Gasteiger partial charge >= 0.3 is 5.97 Å². The summed E-state index contributed by atoms with van der Waals surface area (Å²) in [5.74, 6) is -2.10. The predicted molar refractivity (Wildman–Crippen MR) is 78.0 cm³/mol. The van der Waals surface area contributed by atoms with Crippen molar-refractivity contribution in [2.24, 2.45) is 0 Å². The lowest BCUT2D eigenvalue weighted by Gasteiger charge is -2.26. The molecule has 0 bridgehead atoms. The van der Waals surface area contributed by atoms with Gasteiger partial charge in [0.2, 0.25) is 0 Å². The highest BCUT2D eigenvalue weighted by molar-refractivity contribution is 6.06. The van der Waals surface area contributed by atoms with Crippen LogP contribution in [-0.4, -0.2) is 39.0 Å². The number of hydrogen-bond acceptors (Lipinski definition) is 3. The number of benzene rings is 1. The molecule has 0 aliphatic heterocycles. The Morgan fingerprint density at radius 1 is 1.41 bits per heavy atom. The van der Waals surface area contributed by atoms with Crippen molar-refractivity contribution in [3.05, 3.63) is 41.8 Å². The maximum Gasteiger partial charge on any atom is 0.326 e. The number of nitrogens with zero attached hydrogens (tertiary/aromatic N) is 2. The summed E-state index contributed by atoms with van der Waals surface area (Å²) < 4.78 is 13.8. The maximum atomic E-state index is 13.8. The summed E-state index contributed by atoms with van der Waals surface area (Å²) >= 11 is 0. The number of aromatic nitrogens is 1. The molecule has 1 unspecified atom stereocenters. The maximum absolute atomic E-state index is 13.8. The number of halogens is 1. The summed E-state index contributed by atoms with van der Waals surface area (Å²) in [5, 5.41) is 9.73. The fraction of sp³-hybridized carbons (Fsp3) is 0.312. The molecule has 1 aliphatic rings. The lowest BCUT2D eigenvalue weighted by molar-refractivity contribution is -0.141. The van der Waals surface area contributed by atoms with E-state index in [0.717, 1.165) is 18.9 Å². The van der Waals surface area contributed by atoms with Gasteiger partial charge in [0.1, 0.15) is 11.9 Å². The van der Waals surface area contributed by atoms with Gasteiger partial charge in [-0.15, -0.1) is 0 Å². The smallest absolute Gasteiger partial charge is 0.326 e. The van der Waals surface area contributed by atoms with Gasteiger partial charge in [-0.1, -0.05) is 6.07 Å². The Labute approximate surface area is 126 Å². The van der Waals surface area contributed by atoms with Gasteiger partial charge < -0.3 is 10.0 Å². The number of carboxylic acids is 1. The van der Waals surface area contributed by atoms with Crippen molar-refractivity contribution in [2.75, 3.05) is 0 Å². The zero-order valence-corrected chi connectivity index (χ0v) is 12.0. The van der Waals surface area contributed by atoms with Gasteiger partial charge in [0.05, 0.1) is 11.1 Å². The standard InChI is InChI=1S/C16H15FN2O3/c1-9(16(21)22)19(12-4-5-12)15(20)13-8-11(17)7-10-3-2-6-18-14(10)13/h2-3,6-9,12H,4-5H2,1H3,(H,21,22). The van der Waals surface area contributed by atoms with Crippen molar-refractivity contribution in [1.82, 2.24) is 9.88 Å². The van der Waals surface area contributed by atoms with Gasteiger partial charge in [-0.05, 0) is 38.0 Å². The van der Waals surface area contributed by atoms with Crippen LogP contribution < -0.4 is 0 Å². The Balaban J connectivity index is 2.09. The summed E-state index contributed by atoms with van der Waals surface area (Å²) in [6.45, 7) is 1.47. The summed E-state index contributed by atoms with van der Waals surface area (Å²) in [4.78, 5) is 29.5. The molecule has 0 saturated heterocycles. The summed E-state index contributed by atoms with van der Waals surface area (Å²) in [6.07, 6.45) is 3.06. The molecule has 0 radical (unpaired) electrons. The molecular formula is C16H15FN2O3. The second kappa shape index (κ2) is 5.36. The molecule has 1 aromatic heterocycles. The van der Waals surface area contributed by atoms with Crippen molar-refractivity contribution in [3.8, 4) is 0 Å². The molecule has 1 heterocycles. The van der Waals surface area contributed by atoms with Gasteiger partial charge in [-0.25, -0.2) is 9.18 Å². The number of carbonyl (C=O) groups excluding carboxylic acids is 1. The summed E-state index contributed by atoms with van der Waals surface area (Å²) in [5.41, 5.74) is 0.493. The van der Waals surface area contributed by atoms with Gasteiger partial charge in [0.15, 0.2) is 0 Å². The topological polar surface area (TPSA) is 70.5 Å². The van der Waals surface area contributed by atoms with E-state index in [4.69, 9.17) is 0 Å². The molecule has 1 atom stereocenters. The van der Waals surface area contributed by atoms with Crippen molar-refractivity contribution in [3.63, 3.8) is 0 Å². The molecule has 114 valence electrons. The fourth-order valence-electron chi connectivity index (χ4n) is 2.59. The lowest BCUT2D eigenvalue weighted by atomic mass is 10.1. The molecule has 0 spiro atoms. The van der Waals surface area contributed by atoms with E-state index in [2.05, 4.69) is 4.98 Å². The van der Waals surface area contributed by atoms with E-state index in [0.29, 0.717) is 10.9 Å². The molecule has 6 heteroatoms. The van der Waals surface area contributed by atoms with E-state index in [1.807, 2.05) is 0 Å². The number of rotatable bonds is 4. The second-order valence-corrected chi connectivity index (χ2v) is 5.49. The number of fused-ring (bicyclic) bond motifs is 1. The molecule has 1 amide bonds. The van der Waals surface area contributed by atoms with Gasteiger partial charge in [-0.3, -0.25) is 9.78 Å². The third kappa shape index (κ3) is 2.52. The third-order valence-electron chi connectivity index (χ3n) is 3.85. The first-order chi connectivity index (χ1) is 10.5. The molecule has 22 heavy (non-hydrogen) atoms. The number of hydrogen-bond donors (Lipinski definition) is 1. The van der Waals surface area contributed by atoms with Gasteiger partial charge in [0, 0.05) is 17.6 Å². The molecule has 3 rings (SSSR count). The van der Waals surface area contributed by atoms with Crippen molar-refractivity contribution >= 4 is 22.8 Å². The largest absolute Gasteiger partial charge is 0.480 e. The first kappa shape index (κ1) is 14.4. The van der Waals surface area contributed by atoms with Crippen molar-refractivity contribution < 1.29 is 19.1 Å². The Kier molecular flexibility index (Phi) is 3.52. The SMILES string of the molecule is CC(C(=O)O)N(C(=O)c1cc(F)cc2cccnc12)C1CC1. The minimum absolute atomic E-state index is 0.0966. The number of carbonyl (C=O) groups is 2.